The van der Waals surface area contributed by atoms with Gasteiger partial charge in [0.1, 0.15) is 10.4 Å². The minimum Gasteiger partial charge on any atom is -0.490 e. The highest BCUT2D eigenvalue weighted by Gasteiger charge is 2.19. The van der Waals surface area contributed by atoms with Crippen molar-refractivity contribution in [1.82, 2.24) is 9.97 Å². The molecule has 0 fully saturated rings. The molecule has 1 unspecified atom stereocenters. The van der Waals surface area contributed by atoms with Gasteiger partial charge < -0.3 is 20.2 Å². The van der Waals surface area contributed by atoms with E-state index in [1.807, 2.05) is 18.2 Å². The van der Waals surface area contributed by atoms with Crippen molar-refractivity contribution in [3.63, 3.8) is 0 Å². The van der Waals surface area contributed by atoms with E-state index in [1.165, 1.54) is 0 Å². The molecule has 1 aliphatic heterocycles. The zero-order valence-electron chi connectivity index (χ0n) is 10.9. The van der Waals surface area contributed by atoms with E-state index in [0.717, 1.165) is 33.9 Å². The van der Waals surface area contributed by atoms with Crippen molar-refractivity contribution in [1.29, 1.82) is 0 Å². The number of hydrogen-bond acceptors (Lipinski definition) is 4. The highest BCUT2D eigenvalue weighted by Crippen LogP contribution is 2.34. The van der Waals surface area contributed by atoms with Gasteiger partial charge in [0.05, 0.1) is 25.3 Å². The Morgan fingerprint density at radius 2 is 2.10 bits per heavy atom. The minimum atomic E-state index is 0.0125. The number of fused-ring (bicyclic) bond motifs is 1. The lowest BCUT2D eigenvalue weighted by Gasteiger charge is -2.15. The number of H-pyrrole nitrogens is 1. The summed E-state index contributed by atoms with van der Waals surface area (Å²) in [6.07, 6.45) is 2.64. The maximum atomic E-state index is 5.91. The number of imidazole rings is 1. The Kier molecular flexibility index (Phi) is 3.93. The van der Waals surface area contributed by atoms with E-state index >= 15 is 0 Å². The first kappa shape index (κ1) is 13.5. The van der Waals surface area contributed by atoms with Crippen LogP contribution in [0.15, 0.2) is 29.0 Å². The summed E-state index contributed by atoms with van der Waals surface area (Å²) >= 11 is 3.37. The zero-order valence-corrected chi connectivity index (χ0v) is 12.5. The number of ether oxygens (including phenoxy) is 2. The molecule has 0 amide bonds. The number of nitrogens with one attached hydrogen (secondary N) is 1. The summed E-state index contributed by atoms with van der Waals surface area (Å²) in [5.41, 5.74) is 6.97. The maximum absolute atomic E-state index is 5.91. The summed E-state index contributed by atoms with van der Waals surface area (Å²) in [5.74, 6) is 2.43. The molecule has 0 aliphatic carbocycles. The van der Waals surface area contributed by atoms with Crippen LogP contribution in [0.5, 0.6) is 11.5 Å². The van der Waals surface area contributed by atoms with Crippen LogP contribution in [0.4, 0.5) is 0 Å². The SMILES string of the molecule is NCC(c1ccc2c(c1)OCCCO2)c1ncc(Br)[nH]1. The molecule has 0 radical (unpaired) electrons. The number of aromatic nitrogens is 2. The molecule has 5 nitrogen and oxygen atoms in total. The van der Waals surface area contributed by atoms with Crippen molar-refractivity contribution < 1.29 is 9.47 Å². The van der Waals surface area contributed by atoms with Gasteiger partial charge in [0.15, 0.2) is 11.5 Å². The van der Waals surface area contributed by atoms with Crippen LogP contribution >= 0.6 is 15.9 Å². The summed E-state index contributed by atoms with van der Waals surface area (Å²) < 4.78 is 12.2. The third-order valence-electron chi connectivity index (χ3n) is 3.30. The zero-order chi connectivity index (χ0) is 13.9. The fourth-order valence-corrected chi connectivity index (χ4v) is 2.60. The first-order valence-corrected chi connectivity index (χ1v) is 7.37. The van der Waals surface area contributed by atoms with Gasteiger partial charge in [0.2, 0.25) is 0 Å². The Bertz CT molecular complexity index is 600. The van der Waals surface area contributed by atoms with Gasteiger partial charge in [0.25, 0.3) is 0 Å². The van der Waals surface area contributed by atoms with Gasteiger partial charge in [0, 0.05) is 13.0 Å². The van der Waals surface area contributed by atoms with Gasteiger partial charge in [-0.05, 0) is 33.6 Å². The van der Waals surface area contributed by atoms with E-state index in [-0.39, 0.29) is 5.92 Å². The van der Waals surface area contributed by atoms with Gasteiger partial charge in [-0.25, -0.2) is 4.98 Å². The molecule has 20 heavy (non-hydrogen) atoms. The highest BCUT2D eigenvalue weighted by atomic mass is 79.9. The summed E-state index contributed by atoms with van der Waals surface area (Å²) in [6, 6.07) is 5.95. The fourth-order valence-electron chi connectivity index (χ4n) is 2.29. The molecule has 0 saturated heterocycles. The molecular weight excluding hydrogens is 322 g/mol. The number of nitrogens with two attached hydrogens (primary N) is 1. The topological polar surface area (TPSA) is 73.2 Å². The van der Waals surface area contributed by atoms with Crippen molar-refractivity contribution in [2.24, 2.45) is 5.73 Å². The maximum Gasteiger partial charge on any atom is 0.161 e. The second-order valence-corrected chi connectivity index (χ2v) is 5.52. The van der Waals surface area contributed by atoms with Crippen LogP contribution in [-0.4, -0.2) is 29.7 Å². The van der Waals surface area contributed by atoms with Crippen LogP contribution in [0.25, 0.3) is 0 Å². The van der Waals surface area contributed by atoms with Crippen molar-refractivity contribution in [3.8, 4) is 11.5 Å². The summed E-state index contributed by atoms with van der Waals surface area (Å²) in [7, 11) is 0. The molecule has 0 spiro atoms. The summed E-state index contributed by atoms with van der Waals surface area (Å²) in [6.45, 7) is 1.84. The fraction of sp³-hybridized carbons (Fsp3) is 0.357. The van der Waals surface area contributed by atoms with Crippen LogP contribution in [0.1, 0.15) is 23.7 Å². The van der Waals surface area contributed by atoms with Crippen LogP contribution < -0.4 is 15.2 Å². The van der Waals surface area contributed by atoms with Crippen LogP contribution in [0.3, 0.4) is 0 Å². The third-order valence-corrected chi connectivity index (χ3v) is 3.71. The number of halogens is 1. The third kappa shape index (κ3) is 2.66. The van der Waals surface area contributed by atoms with Gasteiger partial charge in [-0.1, -0.05) is 6.07 Å². The lowest BCUT2D eigenvalue weighted by molar-refractivity contribution is 0.297. The van der Waals surface area contributed by atoms with Gasteiger partial charge in [-0.2, -0.15) is 0 Å². The molecule has 2 aromatic rings. The molecule has 0 bridgehead atoms. The largest absolute Gasteiger partial charge is 0.490 e. The van der Waals surface area contributed by atoms with Gasteiger partial charge in [-0.15, -0.1) is 0 Å². The molecule has 1 aromatic heterocycles. The Labute approximate surface area is 125 Å². The number of hydrogen-bond donors (Lipinski definition) is 2. The average molecular weight is 338 g/mol. The van der Waals surface area contributed by atoms with Crippen molar-refractivity contribution >= 4 is 15.9 Å². The van der Waals surface area contributed by atoms with E-state index in [4.69, 9.17) is 15.2 Å². The molecular formula is C14H16BrN3O2. The first-order valence-electron chi connectivity index (χ1n) is 6.58. The van der Waals surface area contributed by atoms with E-state index < -0.39 is 0 Å². The van der Waals surface area contributed by atoms with Crippen molar-refractivity contribution in [2.75, 3.05) is 19.8 Å². The molecule has 0 saturated carbocycles. The predicted octanol–water partition coefficient (Wildman–Crippen LogP) is 2.42. The van der Waals surface area contributed by atoms with E-state index in [9.17, 15) is 0 Å². The first-order chi connectivity index (χ1) is 9.78. The number of aromatic amines is 1. The lowest BCUT2D eigenvalue weighted by Crippen LogP contribution is -2.15. The molecule has 1 aliphatic rings. The quantitative estimate of drug-likeness (QED) is 0.902. The van der Waals surface area contributed by atoms with E-state index in [0.29, 0.717) is 19.8 Å². The lowest BCUT2D eigenvalue weighted by atomic mass is 9.98. The van der Waals surface area contributed by atoms with Gasteiger partial charge in [-0.3, -0.25) is 0 Å². The number of nitrogens with zero attached hydrogens (tertiary/aromatic N) is 1. The number of rotatable bonds is 3. The molecule has 106 valence electrons. The molecule has 1 atom stereocenters. The normalized spacial score (nSPS) is 15.7. The Morgan fingerprint density at radius 3 is 2.80 bits per heavy atom. The smallest absolute Gasteiger partial charge is 0.161 e. The highest BCUT2D eigenvalue weighted by molar-refractivity contribution is 9.10. The molecule has 1 aromatic carbocycles. The minimum absolute atomic E-state index is 0.0125. The Balaban J connectivity index is 1.94. The monoisotopic (exact) mass is 337 g/mol. The van der Waals surface area contributed by atoms with Crippen molar-refractivity contribution in [3.05, 3.63) is 40.4 Å². The molecule has 3 rings (SSSR count). The van der Waals surface area contributed by atoms with Crippen LogP contribution in [0, 0.1) is 0 Å². The Morgan fingerprint density at radius 1 is 1.30 bits per heavy atom. The second-order valence-electron chi connectivity index (χ2n) is 4.66. The summed E-state index contributed by atoms with van der Waals surface area (Å²) in [4.78, 5) is 7.51. The average Bonchev–Trinajstić information content (AvgIpc) is 2.75. The van der Waals surface area contributed by atoms with E-state index in [2.05, 4.69) is 25.9 Å². The van der Waals surface area contributed by atoms with E-state index in [1.54, 1.807) is 6.20 Å². The number of benzene rings is 1. The summed E-state index contributed by atoms with van der Waals surface area (Å²) in [5, 5.41) is 0. The molecule has 6 heteroatoms. The standard InChI is InChI=1S/C14H16BrN3O2/c15-13-8-17-14(18-13)10(7-16)9-2-3-11-12(6-9)20-5-1-4-19-11/h2-3,6,8,10H,1,4-5,7,16H2,(H,17,18). The van der Waals surface area contributed by atoms with Crippen LogP contribution in [0.2, 0.25) is 0 Å². The van der Waals surface area contributed by atoms with Gasteiger partial charge >= 0.3 is 0 Å². The Hall–Kier alpha value is -1.53. The predicted molar refractivity (Wildman–Crippen MR) is 79.2 cm³/mol. The second kappa shape index (κ2) is 5.85. The van der Waals surface area contributed by atoms with Crippen LogP contribution in [-0.2, 0) is 0 Å². The molecule has 3 N–H and O–H groups in total. The van der Waals surface area contributed by atoms with Crippen molar-refractivity contribution in [2.45, 2.75) is 12.3 Å². The molecule has 2 heterocycles.